The number of carbonyl (C=O) groups is 4. The molecule has 6 aromatic carbocycles. The predicted molar refractivity (Wildman–Crippen MR) is 209 cm³/mol. The number of carboxylic acid groups (broad SMARTS) is 2. The summed E-state index contributed by atoms with van der Waals surface area (Å²) in [6.07, 6.45) is 0.674. The molecule has 0 fully saturated rings. The molecule has 0 atom stereocenters. The average molecular weight is 727 g/mol. The van der Waals surface area contributed by atoms with Crippen LogP contribution in [0.4, 0.5) is 11.4 Å². The number of imidazole rings is 2. The van der Waals surface area contributed by atoms with E-state index in [9.17, 15) is 29.4 Å². The standard InChI is InChI=1S/C43H30N6O6/c50-40(30-5-1-3-7-32(30)42(52)53)44-28-15-11-26(12-16-28)38-46-34-19-9-24(22-36(34)48-38)21-25-10-20-35-37(23-25)49-39(47-35)27-13-17-29(18-14-27)45-41(51)31-6-2-4-8-33(31)43(54)55/h1-20,22-23H,21H2,(H,44,50)(H,45,51)(H,46,48)(H,47,49)(H,52,53)(H,54,55). The van der Waals surface area contributed by atoms with Crippen LogP contribution in [0, 0.1) is 0 Å². The number of benzene rings is 6. The lowest BCUT2D eigenvalue weighted by Crippen LogP contribution is -2.16. The Bertz CT molecular complexity index is 2600. The van der Waals surface area contributed by atoms with Crippen LogP contribution in [0.2, 0.25) is 0 Å². The Morgan fingerprint density at radius 1 is 0.491 bits per heavy atom. The summed E-state index contributed by atoms with van der Waals surface area (Å²) >= 11 is 0. The molecule has 0 aliphatic carbocycles. The Morgan fingerprint density at radius 3 is 1.25 bits per heavy atom. The first-order valence-corrected chi connectivity index (χ1v) is 17.1. The summed E-state index contributed by atoms with van der Waals surface area (Å²) in [4.78, 5) is 64.9. The van der Waals surface area contributed by atoms with Gasteiger partial charge in [-0.15, -0.1) is 0 Å². The minimum atomic E-state index is -1.17. The molecule has 268 valence electrons. The van der Waals surface area contributed by atoms with Gasteiger partial charge in [-0.05, 0) is 115 Å². The van der Waals surface area contributed by atoms with Crippen molar-refractivity contribution in [3.05, 3.63) is 167 Å². The first-order chi connectivity index (χ1) is 26.7. The van der Waals surface area contributed by atoms with Gasteiger partial charge in [-0.1, -0.05) is 36.4 Å². The van der Waals surface area contributed by atoms with E-state index in [0.717, 1.165) is 44.3 Å². The number of hydrogen-bond donors (Lipinski definition) is 6. The van der Waals surface area contributed by atoms with Gasteiger partial charge in [-0.2, -0.15) is 0 Å². The highest BCUT2D eigenvalue weighted by atomic mass is 16.4. The Balaban J connectivity index is 0.932. The van der Waals surface area contributed by atoms with Crippen molar-refractivity contribution < 1.29 is 29.4 Å². The molecule has 8 rings (SSSR count). The molecule has 6 N–H and O–H groups in total. The Labute approximate surface area is 312 Å². The van der Waals surface area contributed by atoms with E-state index in [0.29, 0.717) is 29.4 Å². The highest BCUT2D eigenvalue weighted by Crippen LogP contribution is 2.27. The molecule has 2 aromatic heterocycles. The largest absolute Gasteiger partial charge is 0.478 e. The van der Waals surface area contributed by atoms with Crippen molar-refractivity contribution in [1.82, 2.24) is 19.9 Å². The zero-order valence-electron chi connectivity index (χ0n) is 28.8. The first-order valence-electron chi connectivity index (χ1n) is 17.1. The highest BCUT2D eigenvalue weighted by Gasteiger charge is 2.18. The Hall–Kier alpha value is -7.86. The first kappa shape index (κ1) is 34.2. The number of amides is 2. The van der Waals surface area contributed by atoms with Crippen LogP contribution in [-0.4, -0.2) is 53.9 Å². The van der Waals surface area contributed by atoms with Gasteiger partial charge in [0.05, 0.1) is 44.3 Å². The third kappa shape index (κ3) is 7.15. The number of fused-ring (bicyclic) bond motifs is 2. The molecule has 0 radical (unpaired) electrons. The molecule has 2 amide bonds. The molecule has 0 aliphatic heterocycles. The third-order valence-electron chi connectivity index (χ3n) is 9.14. The maximum Gasteiger partial charge on any atom is 0.336 e. The van der Waals surface area contributed by atoms with Gasteiger partial charge in [0, 0.05) is 22.5 Å². The molecule has 12 heteroatoms. The zero-order valence-corrected chi connectivity index (χ0v) is 28.8. The number of aromatic amines is 2. The van der Waals surface area contributed by atoms with Crippen molar-refractivity contribution in [3.63, 3.8) is 0 Å². The van der Waals surface area contributed by atoms with Crippen molar-refractivity contribution in [1.29, 1.82) is 0 Å². The van der Waals surface area contributed by atoms with Gasteiger partial charge in [-0.3, -0.25) is 9.59 Å². The number of rotatable bonds is 10. The Kier molecular flexibility index (Phi) is 8.89. The maximum absolute atomic E-state index is 12.8. The molecule has 0 saturated heterocycles. The van der Waals surface area contributed by atoms with Crippen LogP contribution in [0.3, 0.4) is 0 Å². The van der Waals surface area contributed by atoms with Gasteiger partial charge in [0.2, 0.25) is 0 Å². The molecule has 0 aliphatic rings. The maximum atomic E-state index is 12.8. The molecule has 0 spiro atoms. The lowest BCUT2D eigenvalue weighted by atomic mass is 10.0. The summed E-state index contributed by atoms with van der Waals surface area (Å²) in [5.41, 5.74) is 8.28. The van der Waals surface area contributed by atoms with Gasteiger partial charge >= 0.3 is 11.9 Å². The molecule has 0 unspecified atom stereocenters. The monoisotopic (exact) mass is 726 g/mol. The van der Waals surface area contributed by atoms with Crippen LogP contribution < -0.4 is 10.6 Å². The predicted octanol–water partition coefficient (Wildman–Crippen LogP) is 8.27. The highest BCUT2D eigenvalue weighted by molar-refractivity contribution is 6.11. The van der Waals surface area contributed by atoms with E-state index >= 15 is 0 Å². The summed E-state index contributed by atoms with van der Waals surface area (Å²) in [5.74, 6) is -2.00. The minimum Gasteiger partial charge on any atom is -0.478 e. The van der Waals surface area contributed by atoms with Crippen molar-refractivity contribution >= 4 is 57.2 Å². The van der Waals surface area contributed by atoms with Crippen LogP contribution in [-0.2, 0) is 6.42 Å². The number of H-pyrrole nitrogens is 2. The van der Waals surface area contributed by atoms with E-state index in [4.69, 9.17) is 9.97 Å². The molecular weight excluding hydrogens is 697 g/mol. The fraction of sp³-hybridized carbons (Fsp3) is 0.0233. The normalized spacial score (nSPS) is 11.1. The summed E-state index contributed by atoms with van der Waals surface area (Å²) in [5, 5.41) is 24.4. The van der Waals surface area contributed by atoms with E-state index in [-0.39, 0.29) is 22.3 Å². The zero-order chi connectivity index (χ0) is 38.1. The number of carbonyl (C=O) groups excluding carboxylic acids is 2. The molecule has 8 aromatic rings. The van der Waals surface area contributed by atoms with E-state index in [1.165, 1.54) is 24.3 Å². The lowest BCUT2D eigenvalue weighted by Gasteiger charge is -2.08. The quantitative estimate of drug-likeness (QED) is 0.0811. The second-order valence-electron chi connectivity index (χ2n) is 12.8. The van der Waals surface area contributed by atoms with E-state index in [2.05, 4.69) is 32.7 Å². The smallest absolute Gasteiger partial charge is 0.336 e. The van der Waals surface area contributed by atoms with E-state index < -0.39 is 23.8 Å². The van der Waals surface area contributed by atoms with Gasteiger partial charge in [0.1, 0.15) is 11.6 Å². The number of carboxylic acids is 2. The fourth-order valence-electron chi connectivity index (χ4n) is 6.40. The number of nitrogens with zero attached hydrogens (tertiary/aromatic N) is 2. The second-order valence-corrected chi connectivity index (χ2v) is 12.8. The fourth-order valence-corrected chi connectivity index (χ4v) is 6.40. The summed E-state index contributed by atoms with van der Waals surface area (Å²) < 4.78 is 0. The van der Waals surface area contributed by atoms with Gasteiger partial charge in [0.25, 0.3) is 11.8 Å². The average Bonchev–Trinajstić information content (AvgIpc) is 3.82. The van der Waals surface area contributed by atoms with Gasteiger partial charge in [-0.25, -0.2) is 19.6 Å². The van der Waals surface area contributed by atoms with E-state index in [1.54, 1.807) is 48.5 Å². The van der Waals surface area contributed by atoms with E-state index in [1.807, 2.05) is 48.5 Å². The molecule has 0 bridgehead atoms. The molecule has 2 heterocycles. The van der Waals surface area contributed by atoms with Crippen LogP contribution in [0.25, 0.3) is 44.8 Å². The Morgan fingerprint density at radius 2 is 0.873 bits per heavy atom. The number of aromatic carboxylic acids is 2. The van der Waals surface area contributed by atoms with Crippen LogP contribution >= 0.6 is 0 Å². The summed E-state index contributed by atoms with van der Waals surface area (Å²) in [7, 11) is 0. The third-order valence-corrected chi connectivity index (χ3v) is 9.14. The van der Waals surface area contributed by atoms with Crippen LogP contribution in [0.5, 0.6) is 0 Å². The summed E-state index contributed by atoms with van der Waals surface area (Å²) in [6.45, 7) is 0. The molecular formula is C43H30N6O6. The number of nitrogens with one attached hydrogen (secondary N) is 4. The van der Waals surface area contributed by atoms with Gasteiger partial charge < -0.3 is 30.8 Å². The van der Waals surface area contributed by atoms with Crippen molar-refractivity contribution in [3.8, 4) is 22.8 Å². The van der Waals surface area contributed by atoms with Crippen LogP contribution in [0.15, 0.2) is 133 Å². The van der Waals surface area contributed by atoms with Crippen molar-refractivity contribution in [2.75, 3.05) is 10.6 Å². The van der Waals surface area contributed by atoms with Gasteiger partial charge in [0.15, 0.2) is 0 Å². The van der Waals surface area contributed by atoms with Crippen molar-refractivity contribution in [2.24, 2.45) is 0 Å². The molecule has 55 heavy (non-hydrogen) atoms. The minimum absolute atomic E-state index is 0.0661. The molecule has 0 saturated carbocycles. The number of aromatic nitrogens is 4. The number of anilines is 2. The number of hydrogen-bond acceptors (Lipinski definition) is 6. The van der Waals surface area contributed by atoms with Crippen molar-refractivity contribution in [2.45, 2.75) is 6.42 Å². The SMILES string of the molecule is O=C(O)c1ccccc1C(=O)Nc1ccc(-c2nc3ccc(Cc4ccc5nc(-c6ccc(NC(=O)c7ccccc7C(=O)O)cc6)[nH]c5c4)cc3[nH]2)cc1. The van der Waals surface area contributed by atoms with Crippen LogP contribution in [0.1, 0.15) is 52.6 Å². The molecule has 12 nitrogen and oxygen atoms in total. The summed E-state index contributed by atoms with van der Waals surface area (Å²) in [6, 6.07) is 38.6. The topological polar surface area (TPSA) is 190 Å². The second kappa shape index (κ2) is 14.3. The lowest BCUT2D eigenvalue weighted by molar-refractivity contribution is 0.0683.